The second kappa shape index (κ2) is 4.49. The molecule has 92 valence electrons. The fraction of sp³-hybridized carbons (Fsp3) is 0.636. The van der Waals surface area contributed by atoms with Gasteiger partial charge in [0.25, 0.3) is 0 Å². The average Bonchev–Trinajstić information content (AvgIpc) is 2.59. The van der Waals surface area contributed by atoms with Crippen molar-refractivity contribution in [2.24, 2.45) is 0 Å². The van der Waals surface area contributed by atoms with Gasteiger partial charge < -0.3 is 4.42 Å². The maximum Gasteiger partial charge on any atom is 0.413 e. The van der Waals surface area contributed by atoms with Crippen molar-refractivity contribution < 1.29 is 17.6 Å². The lowest BCUT2D eigenvalue weighted by atomic mass is 9.98. The molecule has 1 atom stereocenters. The average molecular weight is 235 g/mol. The standard InChI is InChI=1S/C11H16F3NO/c1-4-7-15-10(3,11(12,13)14)9-6-5-8(2)16-9/h5-6,15H,4,7H2,1-3H3. The lowest BCUT2D eigenvalue weighted by Crippen LogP contribution is -2.51. The molecule has 1 aromatic heterocycles. The van der Waals surface area contributed by atoms with Gasteiger partial charge in [0.2, 0.25) is 0 Å². The van der Waals surface area contributed by atoms with Crippen molar-refractivity contribution in [3.05, 3.63) is 23.7 Å². The molecule has 1 unspecified atom stereocenters. The first kappa shape index (κ1) is 13.1. The van der Waals surface area contributed by atoms with Crippen LogP contribution < -0.4 is 5.32 Å². The fourth-order valence-electron chi connectivity index (χ4n) is 1.41. The predicted octanol–water partition coefficient (Wildman–Crippen LogP) is 3.37. The number of nitrogens with one attached hydrogen (secondary N) is 1. The number of rotatable bonds is 4. The van der Waals surface area contributed by atoms with Crippen LogP contribution in [0.25, 0.3) is 0 Å². The fourth-order valence-corrected chi connectivity index (χ4v) is 1.41. The summed E-state index contributed by atoms with van der Waals surface area (Å²) >= 11 is 0. The zero-order valence-electron chi connectivity index (χ0n) is 9.61. The minimum atomic E-state index is -4.38. The molecular formula is C11H16F3NO. The van der Waals surface area contributed by atoms with Crippen LogP contribution in [-0.4, -0.2) is 12.7 Å². The van der Waals surface area contributed by atoms with Crippen molar-refractivity contribution in [2.75, 3.05) is 6.54 Å². The lowest BCUT2D eigenvalue weighted by molar-refractivity contribution is -0.200. The van der Waals surface area contributed by atoms with Gasteiger partial charge in [-0.15, -0.1) is 0 Å². The predicted molar refractivity (Wildman–Crippen MR) is 55.1 cm³/mol. The molecule has 2 nitrogen and oxygen atoms in total. The third-order valence-corrected chi connectivity index (χ3v) is 2.53. The van der Waals surface area contributed by atoms with Gasteiger partial charge in [-0.05, 0) is 38.9 Å². The molecule has 1 N–H and O–H groups in total. The maximum absolute atomic E-state index is 13.0. The zero-order valence-corrected chi connectivity index (χ0v) is 9.61. The molecule has 0 aliphatic carbocycles. The molecule has 0 aliphatic rings. The summed E-state index contributed by atoms with van der Waals surface area (Å²) in [5, 5.41) is 2.50. The Morgan fingerprint density at radius 2 is 1.94 bits per heavy atom. The summed E-state index contributed by atoms with van der Waals surface area (Å²) in [4.78, 5) is 0. The van der Waals surface area contributed by atoms with E-state index in [4.69, 9.17) is 4.42 Å². The summed E-state index contributed by atoms with van der Waals surface area (Å²) in [5.74, 6) is 0.384. The molecule has 1 rings (SSSR count). The van der Waals surface area contributed by atoms with Gasteiger partial charge in [-0.25, -0.2) is 0 Å². The molecule has 0 aliphatic heterocycles. The van der Waals surface area contributed by atoms with Crippen LogP contribution in [0.15, 0.2) is 16.5 Å². The number of alkyl halides is 3. The molecule has 0 aromatic carbocycles. The number of hydrogen-bond donors (Lipinski definition) is 1. The van der Waals surface area contributed by atoms with E-state index in [0.29, 0.717) is 12.2 Å². The van der Waals surface area contributed by atoms with Gasteiger partial charge in [0.15, 0.2) is 5.54 Å². The highest BCUT2D eigenvalue weighted by Crippen LogP contribution is 2.39. The summed E-state index contributed by atoms with van der Waals surface area (Å²) in [7, 11) is 0. The maximum atomic E-state index is 13.0. The van der Waals surface area contributed by atoms with E-state index in [1.54, 1.807) is 6.92 Å². The Labute approximate surface area is 92.8 Å². The van der Waals surface area contributed by atoms with E-state index >= 15 is 0 Å². The molecule has 0 fully saturated rings. The number of furan rings is 1. The molecule has 0 bridgehead atoms. The topological polar surface area (TPSA) is 25.2 Å². The van der Waals surface area contributed by atoms with Crippen molar-refractivity contribution >= 4 is 0 Å². The molecule has 0 amide bonds. The smallest absolute Gasteiger partial charge is 0.413 e. The van der Waals surface area contributed by atoms with E-state index in [-0.39, 0.29) is 12.3 Å². The highest BCUT2D eigenvalue weighted by atomic mass is 19.4. The van der Waals surface area contributed by atoms with Gasteiger partial charge in [0.1, 0.15) is 11.5 Å². The Hall–Kier alpha value is -0.970. The van der Waals surface area contributed by atoms with Crippen molar-refractivity contribution in [3.63, 3.8) is 0 Å². The SMILES string of the molecule is CCCNC(C)(c1ccc(C)o1)C(F)(F)F. The molecule has 0 saturated heterocycles. The van der Waals surface area contributed by atoms with Crippen LogP contribution in [0, 0.1) is 6.92 Å². The zero-order chi connectivity index (χ0) is 12.4. The van der Waals surface area contributed by atoms with E-state index in [0.717, 1.165) is 6.92 Å². The van der Waals surface area contributed by atoms with Gasteiger partial charge in [0, 0.05) is 0 Å². The molecule has 16 heavy (non-hydrogen) atoms. The summed E-state index contributed by atoms with van der Waals surface area (Å²) < 4.78 is 44.1. The number of aryl methyl sites for hydroxylation is 1. The van der Waals surface area contributed by atoms with Crippen LogP contribution in [0.4, 0.5) is 13.2 Å². The monoisotopic (exact) mass is 235 g/mol. The number of hydrogen-bond acceptors (Lipinski definition) is 2. The highest BCUT2D eigenvalue weighted by molar-refractivity contribution is 5.17. The first-order valence-electron chi connectivity index (χ1n) is 5.20. The van der Waals surface area contributed by atoms with Crippen LogP contribution in [0.2, 0.25) is 0 Å². The minimum absolute atomic E-state index is 0.0917. The summed E-state index contributed by atoms with van der Waals surface area (Å²) in [5.41, 5.74) is -2.11. The third kappa shape index (κ3) is 2.40. The van der Waals surface area contributed by atoms with E-state index in [2.05, 4.69) is 5.32 Å². The van der Waals surface area contributed by atoms with Crippen molar-refractivity contribution in [2.45, 2.75) is 38.9 Å². The summed E-state index contributed by atoms with van der Waals surface area (Å²) in [6.45, 7) is 4.83. The third-order valence-electron chi connectivity index (χ3n) is 2.53. The molecule has 1 aromatic rings. The Balaban J connectivity index is 3.04. The van der Waals surface area contributed by atoms with Crippen LogP contribution in [0.1, 0.15) is 31.8 Å². The van der Waals surface area contributed by atoms with Gasteiger partial charge in [-0.1, -0.05) is 6.92 Å². The summed E-state index contributed by atoms with van der Waals surface area (Å²) in [6, 6.07) is 2.90. The second-order valence-electron chi connectivity index (χ2n) is 3.96. The van der Waals surface area contributed by atoms with Crippen LogP contribution in [0.3, 0.4) is 0 Å². The van der Waals surface area contributed by atoms with Crippen LogP contribution >= 0.6 is 0 Å². The van der Waals surface area contributed by atoms with Crippen molar-refractivity contribution in [3.8, 4) is 0 Å². The quantitative estimate of drug-likeness (QED) is 0.865. The lowest BCUT2D eigenvalue weighted by Gasteiger charge is -2.31. The van der Waals surface area contributed by atoms with Gasteiger partial charge in [-0.2, -0.15) is 13.2 Å². The highest BCUT2D eigenvalue weighted by Gasteiger charge is 2.54. The van der Waals surface area contributed by atoms with Gasteiger partial charge >= 0.3 is 6.18 Å². The Morgan fingerprint density at radius 3 is 2.31 bits per heavy atom. The van der Waals surface area contributed by atoms with E-state index < -0.39 is 11.7 Å². The first-order chi connectivity index (χ1) is 7.31. The minimum Gasteiger partial charge on any atom is -0.464 e. The Bertz CT molecular complexity index is 345. The van der Waals surface area contributed by atoms with Crippen molar-refractivity contribution in [1.29, 1.82) is 0 Å². The molecule has 0 radical (unpaired) electrons. The molecule has 5 heteroatoms. The van der Waals surface area contributed by atoms with Gasteiger partial charge in [-0.3, -0.25) is 5.32 Å². The first-order valence-corrected chi connectivity index (χ1v) is 5.20. The van der Waals surface area contributed by atoms with Crippen molar-refractivity contribution in [1.82, 2.24) is 5.32 Å². The van der Waals surface area contributed by atoms with Crippen LogP contribution in [0.5, 0.6) is 0 Å². The normalized spacial score (nSPS) is 16.1. The van der Waals surface area contributed by atoms with E-state index in [9.17, 15) is 13.2 Å². The number of halogens is 3. The van der Waals surface area contributed by atoms with Crippen LogP contribution in [-0.2, 0) is 5.54 Å². The molecule has 1 heterocycles. The molecular weight excluding hydrogens is 219 g/mol. The van der Waals surface area contributed by atoms with Gasteiger partial charge in [0.05, 0.1) is 0 Å². The second-order valence-corrected chi connectivity index (χ2v) is 3.96. The summed E-state index contributed by atoms with van der Waals surface area (Å²) in [6.07, 6.45) is -3.75. The molecule has 0 saturated carbocycles. The van der Waals surface area contributed by atoms with E-state index in [1.165, 1.54) is 12.1 Å². The largest absolute Gasteiger partial charge is 0.464 e. The Kier molecular flexibility index (Phi) is 3.68. The molecule has 0 spiro atoms. The van der Waals surface area contributed by atoms with E-state index in [1.807, 2.05) is 6.92 Å². The Morgan fingerprint density at radius 1 is 1.31 bits per heavy atom.